The first-order valence-electron chi connectivity index (χ1n) is 4.45. The topological polar surface area (TPSA) is 89.3 Å². The standard InChI is InChI=1S/C9H11FN2O3S/c1-2-16(14,15)12-8-5-6(9(11)13)3-4-7(8)10/h3-5,12H,2H2,1H3,(H2,11,13). The zero-order valence-electron chi connectivity index (χ0n) is 8.53. The molecule has 0 spiro atoms. The third-order valence-corrected chi connectivity index (χ3v) is 3.19. The Morgan fingerprint density at radius 2 is 2.12 bits per heavy atom. The van der Waals surface area contributed by atoms with E-state index in [0.29, 0.717) is 0 Å². The van der Waals surface area contributed by atoms with E-state index >= 15 is 0 Å². The summed E-state index contributed by atoms with van der Waals surface area (Å²) in [6, 6.07) is 3.22. The number of carbonyl (C=O) groups excluding carboxylic acids is 1. The fourth-order valence-corrected chi connectivity index (χ4v) is 1.63. The molecule has 1 aromatic rings. The van der Waals surface area contributed by atoms with Crippen LogP contribution in [0.15, 0.2) is 18.2 Å². The van der Waals surface area contributed by atoms with Crippen LogP contribution in [-0.2, 0) is 10.0 Å². The second-order valence-corrected chi connectivity index (χ2v) is 5.08. The van der Waals surface area contributed by atoms with Gasteiger partial charge in [0.1, 0.15) is 5.82 Å². The number of primary amides is 1. The van der Waals surface area contributed by atoms with Crippen LogP contribution in [0.4, 0.5) is 10.1 Å². The van der Waals surface area contributed by atoms with Gasteiger partial charge >= 0.3 is 0 Å². The number of amides is 1. The van der Waals surface area contributed by atoms with E-state index in [9.17, 15) is 17.6 Å². The number of sulfonamides is 1. The van der Waals surface area contributed by atoms with E-state index in [2.05, 4.69) is 0 Å². The maximum absolute atomic E-state index is 13.2. The van der Waals surface area contributed by atoms with Gasteiger partial charge in [0.2, 0.25) is 15.9 Å². The Balaban J connectivity index is 3.13. The van der Waals surface area contributed by atoms with Gasteiger partial charge in [-0.05, 0) is 25.1 Å². The van der Waals surface area contributed by atoms with Gasteiger partial charge in [-0.2, -0.15) is 0 Å². The zero-order valence-corrected chi connectivity index (χ0v) is 9.34. The Morgan fingerprint density at radius 1 is 1.50 bits per heavy atom. The first-order chi connectivity index (χ1) is 7.35. The van der Waals surface area contributed by atoms with E-state index in [1.807, 2.05) is 4.72 Å². The van der Waals surface area contributed by atoms with E-state index in [1.165, 1.54) is 13.0 Å². The van der Waals surface area contributed by atoms with E-state index in [0.717, 1.165) is 12.1 Å². The first kappa shape index (κ1) is 12.4. The third kappa shape index (κ3) is 2.93. The van der Waals surface area contributed by atoms with Crippen molar-refractivity contribution in [3.05, 3.63) is 29.6 Å². The van der Waals surface area contributed by atoms with Gasteiger partial charge in [0, 0.05) is 5.56 Å². The molecular weight excluding hydrogens is 235 g/mol. The van der Waals surface area contributed by atoms with Crippen molar-refractivity contribution in [3.63, 3.8) is 0 Å². The van der Waals surface area contributed by atoms with Crippen molar-refractivity contribution in [3.8, 4) is 0 Å². The molecule has 0 unspecified atom stereocenters. The van der Waals surface area contributed by atoms with Crippen molar-refractivity contribution in [2.75, 3.05) is 10.5 Å². The molecule has 0 bridgehead atoms. The summed E-state index contributed by atoms with van der Waals surface area (Å²) in [7, 11) is -3.58. The zero-order chi connectivity index (χ0) is 12.3. The second kappa shape index (κ2) is 4.48. The minimum atomic E-state index is -3.58. The van der Waals surface area contributed by atoms with Crippen LogP contribution in [0.1, 0.15) is 17.3 Å². The molecule has 0 fully saturated rings. The molecule has 88 valence electrons. The predicted octanol–water partition coefficient (Wildman–Crippen LogP) is 0.686. The molecule has 7 heteroatoms. The summed E-state index contributed by atoms with van der Waals surface area (Å²) in [5.74, 6) is -1.70. The Kier molecular flexibility index (Phi) is 3.48. The summed E-state index contributed by atoms with van der Waals surface area (Å²) in [6.45, 7) is 1.41. The van der Waals surface area contributed by atoms with Gasteiger partial charge in [-0.1, -0.05) is 0 Å². The molecule has 0 aliphatic heterocycles. The van der Waals surface area contributed by atoms with Gasteiger partial charge in [-0.15, -0.1) is 0 Å². The van der Waals surface area contributed by atoms with Gasteiger partial charge in [-0.25, -0.2) is 12.8 Å². The molecule has 3 N–H and O–H groups in total. The highest BCUT2D eigenvalue weighted by atomic mass is 32.2. The van der Waals surface area contributed by atoms with Crippen LogP contribution in [-0.4, -0.2) is 20.1 Å². The minimum Gasteiger partial charge on any atom is -0.366 e. The molecule has 1 aromatic carbocycles. The summed E-state index contributed by atoms with van der Waals surface area (Å²) in [5, 5.41) is 0. The van der Waals surface area contributed by atoms with Crippen molar-refractivity contribution >= 4 is 21.6 Å². The number of rotatable bonds is 4. The monoisotopic (exact) mass is 246 g/mol. The molecular formula is C9H11FN2O3S. The molecule has 0 saturated heterocycles. The maximum Gasteiger partial charge on any atom is 0.248 e. The Morgan fingerprint density at radius 3 is 2.62 bits per heavy atom. The van der Waals surface area contributed by atoms with Crippen LogP contribution in [0.3, 0.4) is 0 Å². The average molecular weight is 246 g/mol. The molecule has 0 saturated carbocycles. The van der Waals surface area contributed by atoms with E-state index in [1.54, 1.807) is 0 Å². The maximum atomic E-state index is 13.2. The molecule has 1 amide bonds. The van der Waals surface area contributed by atoms with Crippen LogP contribution in [0.25, 0.3) is 0 Å². The summed E-state index contributed by atoms with van der Waals surface area (Å²) < 4.78 is 37.7. The largest absolute Gasteiger partial charge is 0.366 e. The van der Waals surface area contributed by atoms with Gasteiger partial charge in [0.25, 0.3) is 0 Å². The highest BCUT2D eigenvalue weighted by Gasteiger charge is 2.12. The normalized spacial score (nSPS) is 11.1. The summed E-state index contributed by atoms with van der Waals surface area (Å²) in [6.07, 6.45) is 0. The molecule has 5 nitrogen and oxygen atoms in total. The average Bonchev–Trinajstić information content (AvgIpc) is 2.21. The SMILES string of the molecule is CCS(=O)(=O)Nc1cc(C(N)=O)ccc1F. The number of hydrogen-bond acceptors (Lipinski definition) is 3. The van der Waals surface area contributed by atoms with Crippen LogP contribution in [0, 0.1) is 5.82 Å². The molecule has 16 heavy (non-hydrogen) atoms. The first-order valence-corrected chi connectivity index (χ1v) is 6.11. The number of halogens is 1. The van der Waals surface area contributed by atoms with E-state index < -0.39 is 21.7 Å². The van der Waals surface area contributed by atoms with Crippen LogP contribution < -0.4 is 10.5 Å². The van der Waals surface area contributed by atoms with Crippen LogP contribution in [0.5, 0.6) is 0 Å². The Hall–Kier alpha value is -1.63. The Bertz CT molecular complexity index is 513. The highest BCUT2D eigenvalue weighted by Crippen LogP contribution is 2.17. The van der Waals surface area contributed by atoms with Crippen molar-refractivity contribution in [2.45, 2.75) is 6.92 Å². The Labute approximate surface area is 92.5 Å². The van der Waals surface area contributed by atoms with Crippen molar-refractivity contribution in [1.29, 1.82) is 0 Å². The smallest absolute Gasteiger partial charge is 0.248 e. The fourth-order valence-electron chi connectivity index (χ4n) is 0.996. The summed E-state index contributed by atoms with van der Waals surface area (Å²) in [4.78, 5) is 10.8. The number of benzene rings is 1. The molecule has 0 aliphatic rings. The molecule has 0 heterocycles. The molecule has 0 radical (unpaired) electrons. The van der Waals surface area contributed by atoms with Gasteiger partial charge in [-0.3, -0.25) is 9.52 Å². The number of nitrogens with two attached hydrogens (primary N) is 1. The third-order valence-electron chi connectivity index (χ3n) is 1.90. The highest BCUT2D eigenvalue weighted by molar-refractivity contribution is 7.92. The summed E-state index contributed by atoms with van der Waals surface area (Å²) in [5.41, 5.74) is 4.75. The predicted molar refractivity (Wildman–Crippen MR) is 58.0 cm³/mol. The lowest BCUT2D eigenvalue weighted by molar-refractivity contribution is 0.100. The minimum absolute atomic E-state index is 0.0372. The second-order valence-electron chi connectivity index (χ2n) is 3.06. The van der Waals surface area contributed by atoms with Gasteiger partial charge in [0.15, 0.2) is 0 Å². The van der Waals surface area contributed by atoms with Crippen molar-refractivity contribution in [1.82, 2.24) is 0 Å². The number of hydrogen-bond donors (Lipinski definition) is 2. The quantitative estimate of drug-likeness (QED) is 0.818. The molecule has 0 aromatic heterocycles. The molecule has 0 atom stereocenters. The van der Waals surface area contributed by atoms with Gasteiger partial charge < -0.3 is 5.73 Å². The molecule has 0 aliphatic carbocycles. The van der Waals surface area contributed by atoms with E-state index in [4.69, 9.17) is 5.73 Å². The number of nitrogens with one attached hydrogen (secondary N) is 1. The number of carbonyl (C=O) groups is 1. The fraction of sp³-hybridized carbons (Fsp3) is 0.222. The van der Waals surface area contributed by atoms with Crippen LogP contribution >= 0.6 is 0 Å². The lowest BCUT2D eigenvalue weighted by Gasteiger charge is -2.07. The van der Waals surface area contributed by atoms with Gasteiger partial charge in [0.05, 0.1) is 11.4 Å². The summed E-state index contributed by atoms with van der Waals surface area (Å²) >= 11 is 0. The van der Waals surface area contributed by atoms with Crippen molar-refractivity contribution < 1.29 is 17.6 Å². The van der Waals surface area contributed by atoms with Crippen molar-refractivity contribution in [2.24, 2.45) is 5.73 Å². The molecule has 1 rings (SSSR count). The van der Waals surface area contributed by atoms with Crippen LogP contribution in [0.2, 0.25) is 0 Å². The van der Waals surface area contributed by atoms with E-state index in [-0.39, 0.29) is 17.0 Å². The lowest BCUT2D eigenvalue weighted by atomic mass is 10.2. The lowest BCUT2D eigenvalue weighted by Crippen LogP contribution is -2.17. The number of anilines is 1.